The average molecular weight is 324 g/mol. The second-order valence-electron chi connectivity index (χ2n) is 7.25. The van der Waals surface area contributed by atoms with Gasteiger partial charge in [-0.05, 0) is 45.8 Å². The largest absolute Gasteiger partial charge is 0.356 e. The minimum atomic E-state index is 0.0570. The normalized spacial score (nSPS) is 27.3. The summed E-state index contributed by atoms with van der Waals surface area (Å²) in [4.78, 5) is 29.5. The van der Waals surface area contributed by atoms with Crippen LogP contribution >= 0.6 is 0 Å². The Labute approximate surface area is 140 Å². The van der Waals surface area contributed by atoms with E-state index in [1.165, 1.54) is 0 Å². The lowest BCUT2D eigenvalue weighted by Gasteiger charge is -2.46. The number of likely N-dealkylation sites (N-methyl/N-ethyl adjacent to an activating group) is 1. The summed E-state index contributed by atoms with van der Waals surface area (Å²) in [6.07, 6.45) is 3.28. The second kappa shape index (κ2) is 8.11. The second-order valence-corrected chi connectivity index (χ2v) is 7.25. The lowest BCUT2D eigenvalue weighted by Crippen LogP contribution is -2.57. The van der Waals surface area contributed by atoms with Crippen LogP contribution in [0.4, 0.5) is 0 Å². The Morgan fingerprint density at radius 1 is 1.09 bits per heavy atom. The summed E-state index contributed by atoms with van der Waals surface area (Å²) in [7, 11) is 4.26. The minimum Gasteiger partial charge on any atom is -0.356 e. The van der Waals surface area contributed by atoms with E-state index in [1.54, 1.807) is 13.8 Å². The van der Waals surface area contributed by atoms with Crippen molar-refractivity contribution in [3.8, 4) is 0 Å². The third-order valence-electron chi connectivity index (χ3n) is 5.46. The van der Waals surface area contributed by atoms with Crippen LogP contribution in [0.2, 0.25) is 0 Å². The lowest BCUT2D eigenvalue weighted by atomic mass is 9.88. The van der Waals surface area contributed by atoms with Crippen molar-refractivity contribution in [2.24, 2.45) is 5.92 Å². The molecule has 0 saturated carbocycles. The predicted octanol–water partition coefficient (Wildman–Crippen LogP) is 0.386. The average Bonchev–Trinajstić information content (AvgIpc) is 2.52. The molecule has 2 rings (SSSR count). The molecule has 0 spiro atoms. The molecule has 2 aliphatic rings. The van der Waals surface area contributed by atoms with Crippen LogP contribution in [0.15, 0.2) is 0 Å². The fourth-order valence-electron chi connectivity index (χ4n) is 3.98. The molecule has 0 aliphatic carbocycles. The van der Waals surface area contributed by atoms with Gasteiger partial charge in [0.15, 0.2) is 0 Å². The monoisotopic (exact) mass is 324 g/mol. The van der Waals surface area contributed by atoms with Crippen LogP contribution in [0.25, 0.3) is 0 Å². The van der Waals surface area contributed by atoms with Gasteiger partial charge >= 0.3 is 0 Å². The van der Waals surface area contributed by atoms with Gasteiger partial charge in [-0.1, -0.05) is 0 Å². The highest BCUT2D eigenvalue weighted by atomic mass is 16.2. The molecule has 23 heavy (non-hydrogen) atoms. The molecule has 2 heterocycles. The molecular weight excluding hydrogens is 292 g/mol. The topological polar surface area (TPSA) is 55.9 Å². The first-order chi connectivity index (χ1) is 10.9. The smallest absolute Gasteiger partial charge is 0.219 e. The molecule has 0 aromatic carbocycles. The molecule has 0 radical (unpaired) electrons. The Morgan fingerprint density at radius 2 is 1.74 bits per heavy atom. The van der Waals surface area contributed by atoms with Gasteiger partial charge in [-0.3, -0.25) is 14.5 Å². The van der Waals surface area contributed by atoms with Crippen molar-refractivity contribution in [2.45, 2.75) is 45.2 Å². The Balaban J connectivity index is 1.89. The van der Waals surface area contributed by atoms with Gasteiger partial charge in [-0.25, -0.2) is 0 Å². The first-order valence-electron chi connectivity index (χ1n) is 8.79. The fourth-order valence-corrected chi connectivity index (χ4v) is 3.98. The maximum Gasteiger partial charge on any atom is 0.219 e. The van der Waals surface area contributed by atoms with E-state index >= 15 is 0 Å². The lowest BCUT2D eigenvalue weighted by molar-refractivity contribution is -0.130. The fraction of sp³-hybridized carbons (Fsp3) is 0.882. The SMILES string of the molecule is CC(=O)NC[C@H]1CCN(C2CCN(C(C)=O)CC2)C[C@H]1N(C)C. The molecule has 2 fully saturated rings. The van der Waals surface area contributed by atoms with Gasteiger partial charge in [0.2, 0.25) is 11.8 Å². The van der Waals surface area contributed by atoms with Gasteiger partial charge in [0.05, 0.1) is 0 Å². The number of amides is 2. The molecule has 0 aromatic heterocycles. The predicted molar refractivity (Wildman–Crippen MR) is 91.1 cm³/mol. The van der Waals surface area contributed by atoms with Crippen molar-refractivity contribution in [2.75, 3.05) is 46.8 Å². The van der Waals surface area contributed by atoms with E-state index in [4.69, 9.17) is 0 Å². The van der Waals surface area contributed by atoms with E-state index in [0.29, 0.717) is 18.0 Å². The summed E-state index contributed by atoms with van der Waals surface area (Å²) in [6, 6.07) is 1.07. The van der Waals surface area contributed by atoms with E-state index in [2.05, 4.69) is 29.2 Å². The number of hydrogen-bond donors (Lipinski definition) is 1. The van der Waals surface area contributed by atoms with Crippen molar-refractivity contribution in [1.29, 1.82) is 0 Å². The summed E-state index contributed by atoms with van der Waals surface area (Å²) < 4.78 is 0. The van der Waals surface area contributed by atoms with Gasteiger partial charge in [-0.15, -0.1) is 0 Å². The van der Waals surface area contributed by atoms with Crippen LogP contribution in [0, 0.1) is 5.92 Å². The van der Waals surface area contributed by atoms with Crippen molar-refractivity contribution in [3.63, 3.8) is 0 Å². The van der Waals surface area contributed by atoms with Crippen molar-refractivity contribution >= 4 is 11.8 Å². The number of carbonyl (C=O) groups is 2. The molecule has 2 amide bonds. The Kier molecular flexibility index (Phi) is 6.41. The number of piperidine rings is 2. The minimum absolute atomic E-state index is 0.0570. The molecule has 0 aromatic rings. The van der Waals surface area contributed by atoms with Crippen molar-refractivity contribution in [3.05, 3.63) is 0 Å². The molecule has 2 saturated heterocycles. The van der Waals surface area contributed by atoms with Crippen LogP contribution in [0.1, 0.15) is 33.1 Å². The van der Waals surface area contributed by atoms with Crippen molar-refractivity contribution in [1.82, 2.24) is 20.0 Å². The third-order valence-corrected chi connectivity index (χ3v) is 5.46. The maximum absolute atomic E-state index is 11.5. The zero-order valence-corrected chi connectivity index (χ0v) is 15.0. The zero-order chi connectivity index (χ0) is 17.0. The molecule has 0 unspecified atom stereocenters. The molecular formula is C17H32N4O2. The highest BCUT2D eigenvalue weighted by molar-refractivity contribution is 5.73. The van der Waals surface area contributed by atoms with E-state index in [1.807, 2.05) is 4.90 Å². The van der Waals surface area contributed by atoms with Crippen LogP contribution in [-0.2, 0) is 9.59 Å². The summed E-state index contributed by atoms with van der Waals surface area (Å²) in [6.45, 7) is 7.95. The molecule has 1 N–H and O–H groups in total. The van der Waals surface area contributed by atoms with Crippen LogP contribution < -0.4 is 5.32 Å². The molecule has 2 atom stereocenters. The van der Waals surface area contributed by atoms with E-state index in [-0.39, 0.29) is 11.8 Å². The van der Waals surface area contributed by atoms with Gasteiger partial charge < -0.3 is 15.1 Å². The summed E-state index contributed by atoms with van der Waals surface area (Å²) in [5.74, 6) is 0.771. The van der Waals surface area contributed by atoms with Gasteiger partial charge in [-0.2, -0.15) is 0 Å². The van der Waals surface area contributed by atoms with Crippen LogP contribution in [-0.4, -0.2) is 85.4 Å². The summed E-state index contributed by atoms with van der Waals surface area (Å²) >= 11 is 0. The number of nitrogens with zero attached hydrogens (tertiary/aromatic N) is 3. The zero-order valence-electron chi connectivity index (χ0n) is 15.0. The third kappa shape index (κ3) is 4.91. The van der Waals surface area contributed by atoms with E-state index in [0.717, 1.165) is 52.0 Å². The maximum atomic E-state index is 11.5. The Bertz CT molecular complexity index is 419. The summed E-state index contributed by atoms with van der Waals surface area (Å²) in [5.41, 5.74) is 0. The van der Waals surface area contributed by atoms with Gasteiger partial charge in [0.25, 0.3) is 0 Å². The van der Waals surface area contributed by atoms with Crippen LogP contribution in [0.5, 0.6) is 0 Å². The van der Waals surface area contributed by atoms with Crippen LogP contribution in [0.3, 0.4) is 0 Å². The number of carbonyl (C=O) groups excluding carboxylic acids is 2. The first kappa shape index (κ1) is 18.2. The Hall–Kier alpha value is -1.14. The Morgan fingerprint density at radius 3 is 2.26 bits per heavy atom. The molecule has 6 heteroatoms. The number of nitrogens with one attached hydrogen (secondary N) is 1. The van der Waals surface area contributed by atoms with E-state index in [9.17, 15) is 9.59 Å². The standard InChI is InChI=1S/C17H32N4O2/c1-13(22)18-11-15-5-8-21(12-17(15)19(3)4)16-6-9-20(10-7-16)14(2)23/h15-17H,5-12H2,1-4H3,(H,18,22)/t15-,17-/m1/s1. The molecule has 6 nitrogen and oxygen atoms in total. The first-order valence-corrected chi connectivity index (χ1v) is 8.79. The van der Waals surface area contributed by atoms with E-state index < -0.39 is 0 Å². The van der Waals surface area contributed by atoms with Crippen molar-refractivity contribution < 1.29 is 9.59 Å². The highest BCUT2D eigenvalue weighted by Crippen LogP contribution is 2.26. The number of rotatable bonds is 4. The molecule has 132 valence electrons. The number of likely N-dealkylation sites (tertiary alicyclic amines) is 2. The number of hydrogen-bond acceptors (Lipinski definition) is 4. The van der Waals surface area contributed by atoms with Gasteiger partial charge in [0, 0.05) is 52.1 Å². The molecule has 2 aliphatic heterocycles. The van der Waals surface area contributed by atoms with Gasteiger partial charge in [0.1, 0.15) is 0 Å². The summed E-state index contributed by atoms with van der Waals surface area (Å²) in [5, 5.41) is 2.98. The quantitative estimate of drug-likeness (QED) is 0.813. The highest BCUT2D eigenvalue weighted by Gasteiger charge is 2.35. The molecule has 0 bridgehead atoms.